The summed E-state index contributed by atoms with van der Waals surface area (Å²) in [6.07, 6.45) is 2.30. The molecule has 3 rings (SSSR count). The Labute approximate surface area is 98.1 Å². The topological polar surface area (TPSA) is 42.2 Å². The first-order chi connectivity index (χ1) is 8.33. The van der Waals surface area contributed by atoms with Gasteiger partial charge in [0.05, 0.1) is 0 Å². The second-order valence-corrected chi connectivity index (χ2v) is 4.11. The SMILES string of the molecule is Fc1cccc(-c2noc(N3CCCC3)n2)c1. The van der Waals surface area contributed by atoms with E-state index in [-0.39, 0.29) is 5.82 Å². The van der Waals surface area contributed by atoms with Gasteiger partial charge >= 0.3 is 6.01 Å². The summed E-state index contributed by atoms with van der Waals surface area (Å²) in [4.78, 5) is 6.34. The maximum atomic E-state index is 13.1. The molecular weight excluding hydrogens is 221 g/mol. The van der Waals surface area contributed by atoms with E-state index in [2.05, 4.69) is 15.0 Å². The van der Waals surface area contributed by atoms with Gasteiger partial charge in [0, 0.05) is 18.7 Å². The molecule has 1 fully saturated rings. The average molecular weight is 233 g/mol. The van der Waals surface area contributed by atoms with Crippen molar-refractivity contribution in [3.05, 3.63) is 30.1 Å². The number of hydrogen-bond acceptors (Lipinski definition) is 4. The highest BCUT2D eigenvalue weighted by molar-refractivity contribution is 5.55. The lowest BCUT2D eigenvalue weighted by atomic mass is 10.2. The molecule has 88 valence electrons. The molecule has 1 aliphatic heterocycles. The van der Waals surface area contributed by atoms with Crippen LogP contribution in [0.25, 0.3) is 11.4 Å². The zero-order chi connectivity index (χ0) is 11.7. The van der Waals surface area contributed by atoms with Crippen LogP contribution in [0.15, 0.2) is 28.8 Å². The number of rotatable bonds is 2. The summed E-state index contributed by atoms with van der Waals surface area (Å²) in [7, 11) is 0. The van der Waals surface area contributed by atoms with Gasteiger partial charge in [-0.05, 0) is 25.0 Å². The summed E-state index contributed by atoms with van der Waals surface area (Å²) in [5, 5.41) is 3.88. The Morgan fingerprint density at radius 3 is 2.82 bits per heavy atom. The minimum absolute atomic E-state index is 0.296. The van der Waals surface area contributed by atoms with Gasteiger partial charge in [0.25, 0.3) is 0 Å². The summed E-state index contributed by atoms with van der Waals surface area (Å²) in [5.41, 5.74) is 0.638. The average Bonchev–Trinajstić information content (AvgIpc) is 3.00. The van der Waals surface area contributed by atoms with E-state index in [0.717, 1.165) is 25.9 Å². The first-order valence-electron chi connectivity index (χ1n) is 5.67. The van der Waals surface area contributed by atoms with Crippen molar-refractivity contribution >= 4 is 6.01 Å². The summed E-state index contributed by atoms with van der Waals surface area (Å²) in [6, 6.07) is 6.73. The van der Waals surface area contributed by atoms with Crippen LogP contribution in [-0.4, -0.2) is 23.2 Å². The van der Waals surface area contributed by atoms with Gasteiger partial charge in [0.2, 0.25) is 5.82 Å². The Hall–Kier alpha value is -1.91. The molecule has 2 aromatic rings. The number of aromatic nitrogens is 2. The molecule has 4 nitrogen and oxygen atoms in total. The second-order valence-electron chi connectivity index (χ2n) is 4.11. The summed E-state index contributed by atoms with van der Waals surface area (Å²) in [5.74, 6) is 0.140. The highest BCUT2D eigenvalue weighted by Crippen LogP contribution is 2.22. The van der Waals surface area contributed by atoms with Gasteiger partial charge in [-0.3, -0.25) is 0 Å². The largest absolute Gasteiger partial charge is 0.324 e. The first kappa shape index (κ1) is 10.3. The molecule has 5 heteroatoms. The summed E-state index contributed by atoms with van der Waals surface area (Å²) < 4.78 is 18.2. The fraction of sp³-hybridized carbons (Fsp3) is 0.333. The monoisotopic (exact) mass is 233 g/mol. The molecule has 1 saturated heterocycles. The zero-order valence-corrected chi connectivity index (χ0v) is 9.27. The number of nitrogens with zero attached hydrogens (tertiary/aromatic N) is 3. The number of benzene rings is 1. The molecule has 0 aliphatic carbocycles. The fourth-order valence-electron chi connectivity index (χ4n) is 2.00. The van der Waals surface area contributed by atoms with Gasteiger partial charge in [-0.25, -0.2) is 4.39 Å². The van der Waals surface area contributed by atoms with Crippen molar-refractivity contribution in [3.63, 3.8) is 0 Å². The normalized spacial score (nSPS) is 15.5. The minimum atomic E-state index is -0.296. The minimum Gasteiger partial charge on any atom is -0.324 e. The van der Waals surface area contributed by atoms with Crippen molar-refractivity contribution in [2.24, 2.45) is 0 Å². The third-order valence-corrected chi connectivity index (χ3v) is 2.87. The van der Waals surface area contributed by atoms with Crippen LogP contribution in [0.5, 0.6) is 0 Å². The predicted molar refractivity (Wildman–Crippen MR) is 61.1 cm³/mol. The lowest BCUT2D eigenvalue weighted by Gasteiger charge is -2.09. The predicted octanol–water partition coefficient (Wildman–Crippen LogP) is 2.48. The Morgan fingerprint density at radius 2 is 2.06 bits per heavy atom. The molecule has 0 N–H and O–H groups in total. The molecule has 0 amide bonds. The molecule has 1 aromatic heterocycles. The summed E-state index contributed by atoms with van der Waals surface area (Å²) in [6.45, 7) is 1.90. The molecule has 17 heavy (non-hydrogen) atoms. The Balaban J connectivity index is 1.89. The lowest BCUT2D eigenvalue weighted by molar-refractivity contribution is 0.419. The fourth-order valence-corrected chi connectivity index (χ4v) is 2.00. The van der Waals surface area contributed by atoms with Gasteiger partial charge < -0.3 is 9.42 Å². The van der Waals surface area contributed by atoms with Crippen molar-refractivity contribution in [2.75, 3.05) is 18.0 Å². The van der Waals surface area contributed by atoms with Gasteiger partial charge in [-0.1, -0.05) is 17.3 Å². The van der Waals surface area contributed by atoms with Crippen LogP contribution < -0.4 is 4.90 Å². The van der Waals surface area contributed by atoms with Gasteiger partial charge in [0.1, 0.15) is 5.82 Å². The van der Waals surface area contributed by atoms with E-state index in [1.54, 1.807) is 12.1 Å². The van der Waals surface area contributed by atoms with Crippen molar-refractivity contribution in [1.29, 1.82) is 0 Å². The molecule has 1 aromatic carbocycles. The van der Waals surface area contributed by atoms with E-state index in [0.29, 0.717) is 17.4 Å². The standard InChI is InChI=1S/C12H12FN3O/c13-10-5-3-4-9(8-10)11-14-12(17-15-11)16-6-1-2-7-16/h3-5,8H,1-2,6-7H2. The zero-order valence-electron chi connectivity index (χ0n) is 9.27. The van der Waals surface area contributed by atoms with Crippen LogP contribution in [0, 0.1) is 5.82 Å². The third-order valence-electron chi connectivity index (χ3n) is 2.87. The molecule has 0 unspecified atom stereocenters. The van der Waals surface area contributed by atoms with Crippen LogP contribution in [0.2, 0.25) is 0 Å². The Bertz CT molecular complexity index is 520. The lowest BCUT2D eigenvalue weighted by Crippen LogP contribution is -2.17. The molecule has 2 heterocycles. The first-order valence-corrected chi connectivity index (χ1v) is 5.67. The van der Waals surface area contributed by atoms with Crippen LogP contribution in [-0.2, 0) is 0 Å². The van der Waals surface area contributed by atoms with Gasteiger partial charge in [-0.2, -0.15) is 4.98 Å². The smallest absolute Gasteiger partial charge is 0.324 e. The maximum absolute atomic E-state index is 13.1. The Kier molecular flexibility index (Phi) is 2.51. The number of halogens is 1. The Morgan fingerprint density at radius 1 is 1.24 bits per heavy atom. The van der Waals surface area contributed by atoms with Crippen LogP contribution >= 0.6 is 0 Å². The summed E-state index contributed by atoms with van der Waals surface area (Å²) >= 11 is 0. The van der Waals surface area contributed by atoms with Crippen molar-refractivity contribution in [2.45, 2.75) is 12.8 Å². The van der Waals surface area contributed by atoms with E-state index < -0.39 is 0 Å². The maximum Gasteiger partial charge on any atom is 0.324 e. The second kappa shape index (κ2) is 4.16. The van der Waals surface area contributed by atoms with E-state index in [9.17, 15) is 4.39 Å². The molecule has 0 spiro atoms. The van der Waals surface area contributed by atoms with Crippen LogP contribution in [0.3, 0.4) is 0 Å². The quantitative estimate of drug-likeness (QED) is 0.799. The van der Waals surface area contributed by atoms with Crippen molar-refractivity contribution in [3.8, 4) is 11.4 Å². The molecular formula is C12H12FN3O. The van der Waals surface area contributed by atoms with E-state index in [4.69, 9.17) is 4.52 Å². The van der Waals surface area contributed by atoms with Crippen LogP contribution in [0.1, 0.15) is 12.8 Å². The highest BCUT2D eigenvalue weighted by atomic mass is 19.1. The molecule has 0 atom stereocenters. The number of anilines is 1. The van der Waals surface area contributed by atoms with Crippen molar-refractivity contribution in [1.82, 2.24) is 10.1 Å². The molecule has 0 saturated carbocycles. The van der Waals surface area contributed by atoms with Crippen LogP contribution in [0.4, 0.5) is 10.4 Å². The van der Waals surface area contributed by atoms with E-state index in [1.165, 1.54) is 12.1 Å². The van der Waals surface area contributed by atoms with Crippen molar-refractivity contribution < 1.29 is 8.91 Å². The van der Waals surface area contributed by atoms with E-state index in [1.807, 2.05) is 0 Å². The highest BCUT2D eigenvalue weighted by Gasteiger charge is 2.19. The number of hydrogen-bond donors (Lipinski definition) is 0. The van der Waals surface area contributed by atoms with Gasteiger partial charge in [0.15, 0.2) is 0 Å². The molecule has 0 bridgehead atoms. The molecule has 0 radical (unpaired) electrons. The third kappa shape index (κ3) is 2.00. The van der Waals surface area contributed by atoms with Gasteiger partial charge in [-0.15, -0.1) is 0 Å². The molecule has 1 aliphatic rings. The van der Waals surface area contributed by atoms with E-state index >= 15 is 0 Å².